The first kappa shape index (κ1) is 25.8. The molecule has 0 radical (unpaired) electrons. The number of halogens is 2. The molecule has 8 aromatic rings. The minimum atomic E-state index is 0.595. The van der Waals surface area contributed by atoms with Gasteiger partial charge in [0.15, 0.2) is 17.5 Å². The summed E-state index contributed by atoms with van der Waals surface area (Å²) in [7, 11) is 0. The van der Waals surface area contributed by atoms with Gasteiger partial charge in [-0.05, 0) is 47.9 Å². The van der Waals surface area contributed by atoms with E-state index < -0.39 is 0 Å². The Morgan fingerprint density at radius 3 is 1.84 bits per heavy atom. The van der Waals surface area contributed by atoms with E-state index >= 15 is 0 Å². The van der Waals surface area contributed by atoms with Crippen LogP contribution >= 0.6 is 27.5 Å². The molecule has 0 atom stereocenters. The lowest BCUT2D eigenvalue weighted by molar-refractivity contribution is 1.08. The highest BCUT2D eigenvalue weighted by Gasteiger charge is 2.20. The first-order chi connectivity index (χ1) is 21.2. The third kappa shape index (κ3) is 4.40. The zero-order valence-electron chi connectivity index (χ0n) is 22.7. The van der Waals surface area contributed by atoms with E-state index in [1.807, 2.05) is 72.8 Å². The minimum absolute atomic E-state index is 0.595. The van der Waals surface area contributed by atoms with Gasteiger partial charge in [-0.25, -0.2) is 15.0 Å². The largest absolute Gasteiger partial charge is 0.309 e. The second kappa shape index (κ2) is 10.5. The van der Waals surface area contributed by atoms with E-state index in [0.717, 1.165) is 48.7 Å². The van der Waals surface area contributed by atoms with Crippen molar-refractivity contribution in [2.75, 3.05) is 0 Å². The summed E-state index contributed by atoms with van der Waals surface area (Å²) >= 11 is 10.7. The number of benzene rings is 6. The molecule has 0 aliphatic heterocycles. The molecule has 0 aliphatic rings. The van der Waals surface area contributed by atoms with E-state index in [4.69, 9.17) is 26.6 Å². The molecule has 8 rings (SSSR count). The van der Waals surface area contributed by atoms with Crippen LogP contribution in [0.15, 0.2) is 138 Å². The normalized spacial score (nSPS) is 11.5. The maximum Gasteiger partial charge on any atom is 0.164 e. The summed E-state index contributed by atoms with van der Waals surface area (Å²) in [4.78, 5) is 14.9. The fourth-order valence-corrected chi connectivity index (χ4v) is 6.49. The van der Waals surface area contributed by atoms with Gasteiger partial charge < -0.3 is 4.57 Å². The standard InChI is InChI=1S/C37H22BrClN4/c38-25-18-20-32-29(22-25)26-14-7-8-17-31(26)43(32)33-21-19-28(27-15-9-16-30(39)34(27)33)37-41-35(23-10-3-1-4-11-23)40-36(42-37)24-12-5-2-6-13-24/h1-22H. The van der Waals surface area contributed by atoms with Crippen molar-refractivity contribution < 1.29 is 0 Å². The van der Waals surface area contributed by atoms with Gasteiger partial charge in [-0.2, -0.15) is 0 Å². The van der Waals surface area contributed by atoms with Crippen molar-refractivity contribution in [2.45, 2.75) is 0 Å². The maximum absolute atomic E-state index is 7.05. The number of hydrogen-bond donors (Lipinski definition) is 0. The molecule has 0 bridgehead atoms. The van der Waals surface area contributed by atoms with Crippen LogP contribution in [0.1, 0.15) is 0 Å². The van der Waals surface area contributed by atoms with Gasteiger partial charge in [-0.1, -0.05) is 119 Å². The average Bonchev–Trinajstić information content (AvgIpc) is 3.38. The van der Waals surface area contributed by atoms with Gasteiger partial charge in [0.2, 0.25) is 0 Å². The lowest BCUT2D eigenvalue weighted by atomic mass is 10.0. The van der Waals surface area contributed by atoms with E-state index in [1.54, 1.807) is 0 Å². The molecule has 0 fully saturated rings. The fraction of sp³-hybridized carbons (Fsp3) is 0. The molecule has 6 heteroatoms. The number of aromatic nitrogens is 4. The highest BCUT2D eigenvalue weighted by molar-refractivity contribution is 9.10. The SMILES string of the molecule is Clc1cccc2c(-c3nc(-c4ccccc4)nc(-c4ccccc4)n3)ccc(-n3c4ccccc4c4cc(Br)ccc43)c12. The van der Waals surface area contributed by atoms with E-state index in [1.165, 1.54) is 10.8 Å². The monoisotopic (exact) mass is 636 g/mol. The molecule has 0 amide bonds. The Labute approximate surface area is 261 Å². The molecule has 2 heterocycles. The van der Waals surface area contributed by atoms with Crippen LogP contribution in [0.25, 0.3) is 72.4 Å². The van der Waals surface area contributed by atoms with Crippen LogP contribution in [0.4, 0.5) is 0 Å². The van der Waals surface area contributed by atoms with Crippen molar-refractivity contribution >= 4 is 60.1 Å². The Hall–Kier alpha value is -4.84. The predicted molar refractivity (Wildman–Crippen MR) is 181 cm³/mol. The van der Waals surface area contributed by atoms with Gasteiger partial charge in [-0.3, -0.25) is 0 Å². The molecule has 0 unspecified atom stereocenters. The van der Waals surface area contributed by atoms with Gasteiger partial charge in [0.1, 0.15) is 0 Å². The molecule has 0 aliphatic carbocycles. The average molecular weight is 638 g/mol. The summed E-state index contributed by atoms with van der Waals surface area (Å²) in [6.45, 7) is 0. The predicted octanol–water partition coefficient (Wildman–Crippen LogP) is 10.5. The third-order valence-corrected chi connectivity index (χ3v) is 8.59. The first-order valence-corrected chi connectivity index (χ1v) is 15.1. The molecule has 43 heavy (non-hydrogen) atoms. The van der Waals surface area contributed by atoms with E-state index in [2.05, 4.69) is 81.2 Å². The van der Waals surface area contributed by atoms with Crippen LogP contribution in [0.5, 0.6) is 0 Å². The molecule has 0 spiro atoms. The molecule has 2 aromatic heterocycles. The Balaban J connectivity index is 1.42. The van der Waals surface area contributed by atoms with E-state index in [-0.39, 0.29) is 0 Å². The number of nitrogens with zero attached hydrogens (tertiary/aromatic N) is 4. The van der Waals surface area contributed by atoms with Crippen molar-refractivity contribution in [3.63, 3.8) is 0 Å². The zero-order valence-corrected chi connectivity index (χ0v) is 25.1. The van der Waals surface area contributed by atoms with Crippen molar-refractivity contribution in [3.05, 3.63) is 143 Å². The smallest absolute Gasteiger partial charge is 0.164 e. The highest BCUT2D eigenvalue weighted by Crippen LogP contribution is 2.40. The quantitative estimate of drug-likeness (QED) is 0.193. The van der Waals surface area contributed by atoms with Gasteiger partial charge in [-0.15, -0.1) is 0 Å². The molecule has 0 saturated heterocycles. The molecule has 204 valence electrons. The summed E-state index contributed by atoms with van der Waals surface area (Å²) in [6.07, 6.45) is 0. The van der Waals surface area contributed by atoms with Crippen molar-refractivity contribution in [1.82, 2.24) is 19.5 Å². The third-order valence-electron chi connectivity index (χ3n) is 7.78. The Bertz CT molecular complexity index is 2260. The Morgan fingerprint density at radius 2 is 1.12 bits per heavy atom. The summed E-state index contributed by atoms with van der Waals surface area (Å²) in [5, 5.41) is 4.93. The summed E-state index contributed by atoms with van der Waals surface area (Å²) in [5.74, 6) is 1.84. The van der Waals surface area contributed by atoms with E-state index in [0.29, 0.717) is 22.5 Å². The van der Waals surface area contributed by atoms with Crippen LogP contribution in [0, 0.1) is 0 Å². The van der Waals surface area contributed by atoms with Gasteiger partial charge in [0.25, 0.3) is 0 Å². The highest BCUT2D eigenvalue weighted by atomic mass is 79.9. The van der Waals surface area contributed by atoms with Crippen LogP contribution < -0.4 is 0 Å². The van der Waals surface area contributed by atoms with Gasteiger partial charge in [0, 0.05) is 37.3 Å². The molecular formula is C37H22BrClN4. The molecule has 0 N–H and O–H groups in total. The van der Waals surface area contributed by atoms with Gasteiger partial charge in [0.05, 0.1) is 21.7 Å². The summed E-state index contributed by atoms with van der Waals surface area (Å²) in [6, 6.07) is 45.2. The second-order valence-electron chi connectivity index (χ2n) is 10.3. The van der Waals surface area contributed by atoms with Crippen molar-refractivity contribution in [3.8, 4) is 39.9 Å². The summed E-state index contributed by atoms with van der Waals surface area (Å²) in [5.41, 5.74) is 5.97. The second-order valence-corrected chi connectivity index (χ2v) is 11.7. The molecular weight excluding hydrogens is 616 g/mol. The minimum Gasteiger partial charge on any atom is -0.309 e. The number of para-hydroxylation sites is 1. The molecule has 4 nitrogen and oxygen atoms in total. The van der Waals surface area contributed by atoms with Gasteiger partial charge >= 0.3 is 0 Å². The Kier molecular flexibility index (Phi) is 6.28. The lowest BCUT2D eigenvalue weighted by Crippen LogP contribution is -2.02. The van der Waals surface area contributed by atoms with E-state index in [9.17, 15) is 0 Å². The lowest BCUT2D eigenvalue weighted by Gasteiger charge is -2.16. The number of rotatable bonds is 4. The summed E-state index contributed by atoms with van der Waals surface area (Å²) < 4.78 is 3.34. The van der Waals surface area contributed by atoms with Crippen LogP contribution in [-0.4, -0.2) is 19.5 Å². The van der Waals surface area contributed by atoms with Crippen LogP contribution in [-0.2, 0) is 0 Å². The fourth-order valence-electron chi connectivity index (χ4n) is 5.86. The maximum atomic E-state index is 7.05. The number of hydrogen-bond acceptors (Lipinski definition) is 3. The van der Waals surface area contributed by atoms with Crippen molar-refractivity contribution in [2.24, 2.45) is 0 Å². The first-order valence-electron chi connectivity index (χ1n) is 13.9. The number of fused-ring (bicyclic) bond motifs is 4. The van der Waals surface area contributed by atoms with Crippen LogP contribution in [0.2, 0.25) is 5.02 Å². The topological polar surface area (TPSA) is 43.6 Å². The zero-order chi connectivity index (χ0) is 28.9. The van der Waals surface area contributed by atoms with Crippen LogP contribution in [0.3, 0.4) is 0 Å². The molecule has 0 saturated carbocycles. The molecule has 6 aromatic carbocycles. The van der Waals surface area contributed by atoms with Crippen molar-refractivity contribution in [1.29, 1.82) is 0 Å². The Morgan fingerprint density at radius 1 is 0.512 bits per heavy atom.